The van der Waals surface area contributed by atoms with E-state index in [1.807, 2.05) is 13.8 Å². The van der Waals surface area contributed by atoms with Gasteiger partial charge in [-0.3, -0.25) is 9.59 Å². The number of benzene rings is 2. The Hall–Kier alpha value is -2.60. The SMILES string of the molecule is CC(C)NC(=O)c1ccc(Cl)c(NC(=O)C(C)(C)Oc2ccc(F)cc2)c1. The molecule has 0 aliphatic heterocycles. The van der Waals surface area contributed by atoms with E-state index >= 15 is 0 Å². The predicted octanol–water partition coefficient (Wildman–Crippen LogP) is 4.41. The van der Waals surface area contributed by atoms with Crippen LogP contribution in [0.3, 0.4) is 0 Å². The summed E-state index contributed by atoms with van der Waals surface area (Å²) in [5.74, 6) is -0.769. The molecule has 0 unspecified atom stereocenters. The van der Waals surface area contributed by atoms with Crippen LogP contribution in [-0.4, -0.2) is 23.5 Å². The first kappa shape index (κ1) is 20.7. The van der Waals surface area contributed by atoms with Crippen LogP contribution in [0.2, 0.25) is 5.02 Å². The van der Waals surface area contributed by atoms with E-state index in [1.165, 1.54) is 30.3 Å². The highest BCUT2D eigenvalue weighted by molar-refractivity contribution is 6.34. The first-order valence-electron chi connectivity index (χ1n) is 8.45. The van der Waals surface area contributed by atoms with Crippen molar-refractivity contribution in [3.8, 4) is 5.75 Å². The Morgan fingerprint density at radius 2 is 1.74 bits per heavy atom. The lowest BCUT2D eigenvalue weighted by Gasteiger charge is -2.25. The average molecular weight is 393 g/mol. The lowest BCUT2D eigenvalue weighted by Crippen LogP contribution is -2.42. The van der Waals surface area contributed by atoms with Gasteiger partial charge in [0.25, 0.3) is 11.8 Å². The molecule has 0 saturated carbocycles. The van der Waals surface area contributed by atoms with E-state index in [2.05, 4.69) is 10.6 Å². The first-order valence-corrected chi connectivity index (χ1v) is 8.83. The number of rotatable bonds is 6. The smallest absolute Gasteiger partial charge is 0.268 e. The van der Waals surface area contributed by atoms with Gasteiger partial charge in [-0.1, -0.05) is 11.6 Å². The van der Waals surface area contributed by atoms with E-state index in [0.717, 1.165) is 0 Å². The number of halogens is 2. The molecule has 0 aromatic heterocycles. The fraction of sp³-hybridized carbons (Fsp3) is 0.300. The topological polar surface area (TPSA) is 67.4 Å². The average Bonchev–Trinajstić information content (AvgIpc) is 2.58. The molecule has 0 saturated heterocycles. The molecule has 0 spiro atoms. The predicted molar refractivity (Wildman–Crippen MR) is 104 cm³/mol. The maximum Gasteiger partial charge on any atom is 0.268 e. The normalized spacial score (nSPS) is 11.2. The van der Waals surface area contributed by atoms with Gasteiger partial charge in [-0.05, 0) is 70.2 Å². The first-order chi connectivity index (χ1) is 12.6. The largest absolute Gasteiger partial charge is 0.478 e. The Labute approximate surface area is 162 Å². The monoisotopic (exact) mass is 392 g/mol. The van der Waals surface area contributed by atoms with Crippen LogP contribution in [-0.2, 0) is 4.79 Å². The van der Waals surface area contributed by atoms with Gasteiger partial charge in [0.2, 0.25) is 0 Å². The van der Waals surface area contributed by atoms with Gasteiger partial charge in [0.1, 0.15) is 11.6 Å². The number of hydrogen-bond donors (Lipinski definition) is 2. The van der Waals surface area contributed by atoms with Crippen molar-refractivity contribution >= 4 is 29.1 Å². The maximum atomic E-state index is 13.0. The molecule has 2 N–H and O–H groups in total. The Balaban J connectivity index is 2.15. The van der Waals surface area contributed by atoms with E-state index in [9.17, 15) is 14.0 Å². The molecule has 0 aliphatic rings. The molecule has 27 heavy (non-hydrogen) atoms. The van der Waals surface area contributed by atoms with Gasteiger partial charge in [0.05, 0.1) is 10.7 Å². The fourth-order valence-corrected chi connectivity index (χ4v) is 2.39. The third-order valence-electron chi connectivity index (χ3n) is 3.63. The van der Waals surface area contributed by atoms with Crippen molar-refractivity contribution in [2.45, 2.75) is 39.3 Å². The van der Waals surface area contributed by atoms with Crippen LogP contribution in [0, 0.1) is 5.82 Å². The summed E-state index contributed by atoms with van der Waals surface area (Å²) in [4.78, 5) is 24.8. The highest BCUT2D eigenvalue weighted by Crippen LogP contribution is 2.26. The summed E-state index contributed by atoms with van der Waals surface area (Å²) in [7, 11) is 0. The summed E-state index contributed by atoms with van der Waals surface area (Å²) in [6.45, 7) is 6.86. The molecule has 0 bridgehead atoms. The van der Waals surface area contributed by atoms with Crippen molar-refractivity contribution in [2.24, 2.45) is 0 Å². The quantitative estimate of drug-likeness (QED) is 0.765. The van der Waals surface area contributed by atoms with E-state index in [-0.39, 0.29) is 11.9 Å². The minimum Gasteiger partial charge on any atom is -0.478 e. The number of ether oxygens (including phenoxy) is 1. The molecular weight excluding hydrogens is 371 g/mol. The second kappa shape index (κ2) is 8.39. The third kappa shape index (κ3) is 5.69. The van der Waals surface area contributed by atoms with Gasteiger partial charge in [-0.2, -0.15) is 0 Å². The van der Waals surface area contributed by atoms with Crippen LogP contribution < -0.4 is 15.4 Å². The minimum atomic E-state index is -1.25. The number of anilines is 1. The zero-order valence-corrected chi connectivity index (χ0v) is 16.4. The zero-order valence-electron chi connectivity index (χ0n) is 15.6. The van der Waals surface area contributed by atoms with Gasteiger partial charge in [-0.25, -0.2) is 4.39 Å². The van der Waals surface area contributed by atoms with Crippen LogP contribution in [0.4, 0.5) is 10.1 Å². The van der Waals surface area contributed by atoms with Gasteiger partial charge < -0.3 is 15.4 Å². The van der Waals surface area contributed by atoms with Gasteiger partial charge in [0.15, 0.2) is 5.60 Å². The maximum absolute atomic E-state index is 13.0. The Bertz CT molecular complexity index is 836. The molecule has 5 nitrogen and oxygen atoms in total. The van der Waals surface area contributed by atoms with E-state index in [4.69, 9.17) is 16.3 Å². The molecule has 2 rings (SSSR count). The summed E-state index contributed by atoms with van der Waals surface area (Å²) in [6, 6.07) is 9.98. The van der Waals surface area contributed by atoms with Crippen molar-refractivity contribution in [2.75, 3.05) is 5.32 Å². The van der Waals surface area contributed by atoms with Crippen molar-refractivity contribution in [3.63, 3.8) is 0 Å². The van der Waals surface area contributed by atoms with Crippen molar-refractivity contribution < 1.29 is 18.7 Å². The zero-order chi connectivity index (χ0) is 20.2. The lowest BCUT2D eigenvalue weighted by molar-refractivity contribution is -0.128. The summed E-state index contributed by atoms with van der Waals surface area (Å²) in [5.41, 5.74) is -0.577. The highest BCUT2D eigenvalue weighted by atomic mass is 35.5. The van der Waals surface area contributed by atoms with E-state index in [1.54, 1.807) is 26.0 Å². The summed E-state index contributed by atoms with van der Waals surface area (Å²) >= 11 is 6.15. The van der Waals surface area contributed by atoms with Gasteiger partial charge in [-0.15, -0.1) is 0 Å². The van der Waals surface area contributed by atoms with Crippen LogP contribution in [0.15, 0.2) is 42.5 Å². The second-order valence-electron chi connectivity index (χ2n) is 6.84. The number of amides is 2. The number of carbonyl (C=O) groups is 2. The van der Waals surface area contributed by atoms with Crippen LogP contribution in [0.1, 0.15) is 38.1 Å². The highest BCUT2D eigenvalue weighted by Gasteiger charge is 2.30. The minimum absolute atomic E-state index is 0.0192. The summed E-state index contributed by atoms with van der Waals surface area (Å²) < 4.78 is 18.7. The molecule has 0 fully saturated rings. The molecule has 2 aromatic rings. The molecule has 144 valence electrons. The Morgan fingerprint density at radius 3 is 2.33 bits per heavy atom. The lowest BCUT2D eigenvalue weighted by atomic mass is 10.1. The van der Waals surface area contributed by atoms with Crippen molar-refractivity contribution in [1.29, 1.82) is 0 Å². The van der Waals surface area contributed by atoms with Crippen LogP contribution in [0.5, 0.6) is 5.75 Å². The van der Waals surface area contributed by atoms with Crippen LogP contribution >= 0.6 is 11.6 Å². The molecule has 0 heterocycles. The number of nitrogens with one attached hydrogen (secondary N) is 2. The Kier molecular flexibility index (Phi) is 6.44. The Morgan fingerprint density at radius 1 is 1.11 bits per heavy atom. The second-order valence-corrected chi connectivity index (χ2v) is 7.25. The molecule has 7 heteroatoms. The van der Waals surface area contributed by atoms with Crippen molar-refractivity contribution in [1.82, 2.24) is 5.32 Å². The summed E-state index contributed by atoms with van der Waals surface area (Å²) in [6.07, 6.45) is 0. The van der Waals surface area contributed by atoms with Gasteiger partial charge in [0, 0.05) is 11.6 Å². The van der Waals surface area contributed by atoms with Gasteiger partial charge >= 0.3 is 0 Å². The standard InChI is InChI=1S/C20H22ClFN2O3/c1-12(2)23-18(25)13-5-10-16(21)17(11-13)24-19(26)20(3,4)27-15-8-6-14(22)7-9-15/h5-12H,1-4H3,(H,23,25)(H,24,26). The summed E-state index contributed by atoms with van der Waals surface area (Å²) in [5, 5.41) is 5.75. The molecule has 0 atom stereocenters. The molecule has 0 radical (unpaired) electrons. The van der Waals surface area contributed by atoms with E-state index in [0.29, 0.717) is 22.0 Å². The molecule has 0 aliphatic carbocycles. The fourth-order valence-electron chi connectivity index (χ4n) is 2.22. The molecule has 2 amide bonds. The van der Waals surface area contributed by atoms with E-state index < -0.39 is 17.3 Å². The van der Waals surface area contributed by atoms with Crippen molar-refractivity contribution in [3.05, 3.63) is 58.9 Å². The molecule has 2 aromatic carbocycles. The number of hydrogen-bond acceptors (Lipinski definition) is 3. The molecular formula is C20H22ClFN2O3. The third-order valence-corrected chi connectivity index (χ3v) is 3.96. The van der Waals surface area contributed by atoms with Crippen LogP contribution in [0.25, 0.3) is 0 Å². The number of carbonyl (C=O) groups excluding carboxylic acids is 2.